The summed E-state index contributed by atoms with van der Waals surface area (Å²) in [4.78, 5) is 0. The second-order valence-corrected chi connectivity index (χ2v) is 0. The van der Waals surface area contributed by atoms with E-state index in [0.717, 1.165) is 0 Å². The first-order valence-electron chi connectivity index (χ1n) is 0. The monoisotopic (exact) mass is 96.9 g/mol. The van der Waals surface area contributed by atoms with Crippen molar-refractivity contribution < 1.29 is 46.3 Å². The summed E-state index contributed by atoms with van der Waals surface area (Å²) in [6.45, 7) is 0. The Kier molecular flexibility index (Phi) is 702. The van der Waals surface area contributed by atoms with Gasteiger partial charge in [0.1, 0.15) is 0 Å². The van der Waals surface area contributed by atoms with E-state index in [-0.39, 0.29) is 46.3 Å². The largest absolute Gasteiger partial charge is 2.00 e. The topological polar surface area (TPSA) is 57.0 Å². The van der Waals surface area contributed by atoms with Crippen LogP contribution in [0.1, 0.15) is 0 Å². The van der Waals surface area contributed by atoms with Crippen molar-refractivity contribution in [3.8, 4) is 0 Å². The van der Waals surface area contributed by atoms with Crippen molar-refractivity contribution in [2.24, 2.45) is 0 Å². The van der Waals surface area contributed by atoms with Crippen LogP contribution in [0.2, 0.25) is 0 Å². The predicted molar refractivity (Wildman–Crippen MR) is 1.37 cm³/mol. The molecule has 0 aromatic rings. The molecular formula is LiNiO2-. The summed E-state index contributed by atoms with van der Waals surface area (Å²) < 4.78 is 0. The summed E-state index contributed by atoms with van der Waals surface area (Å²) in [5.41, 5.74) is 0. The van der Waals surface area contributed by atoms with Crippen LogP contribution in [0.25, 0.3) is 0 Å². The third kappa shape index (κ3) is 11.9. The van der Waals surface area contributed by atoms with E-state index >= 15 is 0 Å². The molecule has 0 bridgehead atoms. The molecule has 0 aromatic carbocycles. The Bertz CT molecular complexity index is 6.00. The summed E-state index contributed by atoms with van der Waals surface area (Å²) in [6, 6.07) is 0. The SMILES string of the molecule is [Li+].[Ni+2].[O-2].[O-2]. The molecule has 0 atom stereocenters. The van der Waals surface area contributed by atoms with Gasteiger partial charge in [0.2, 0.25) is 0 Å². The van der Waals surface area contributed by atoms with E-state index in [0.29, 0.717) is 0 Å². The van der Waals surface area contributed by atoms with E-state index in [1.165, 1.54) is 0 Å². The van der Waals surface area contributed by atoms with E-state index in [1.54, 1.807) is 0 Å². The standard InChI is InChI=1S/Li.Ni.2O/q+1;+2;2*-2. The van der Waals surface area contributed by atoms with Crippen LogP contribution in [-0.2, 0) is 27.4 Å². The smallest absolute Gasteiger partial charge is 2.00 e. The Morgan fingerprint density at radius 2 is 0.750 bits per heavy atom. The molecule has 4 heteroatoms. The molecule has 4 heavy (non-hydrogen) atoms. The summed E-state index contributed by atoms with van der Waals surface area (Å²) in [5.74, 6) is 0. The normalized spacial score (nSPS) is 0. The molecule has 0 rings (SSSR count). The van der Waals surface area contributed by atoms with Crippen molar-refractivity contribution in [1.82, 2.24) is 0 Å². The fourth-order valence-corrected chi connectivity index (χ4v) is 0. The average molecular weight is 97.6 g/mol. The maximum Gasteiger partial charge on any atom is 2.00 e. The van der Waals surface area contributed by atoms with Crippen LogP contribution in [0.4, 0.5) is 0 Å². The summed E-state index contributed by atoms with van der Waals surface area (Å²) in [5, 5.41) is 0. The summed E-state index contributed by atoms with van der Waals surface area (Å²) in [6.07, 6.45) is 0. The van der Waals surface area contributed by atoms with Crippen molar-refractivity contribution in [3.05, 3.63) is 0 Å². The van der Waals surface area contributed by atoms with Crippen LogP contribution in [0.15, 0.2) is 0 Å². The van der Waals surface area contributed by atoms with Crippen molar-refractivity contribution in [3.63, 3.8) is 0 Å². The van der Waals surface area contributed by atoms with Crippen LogP contribution in [-0.4, -0.2) is 0 Å². The minimum absolute atomic E-state index is 0. The first-order chi connectivity index (χ1) is 0. The van der Waals surface area contributed by atoms with E-state index in [1.807, 2.05) is 0 Å². The Balaban J connectivity index is 0. The van der Waals surface area contributed by atoms with Gasteiger partial charge in [0, 0.05) is 0 Å². The fourth-order valence-electron chi connectivity index (χ4n) is 0. The van der Waals surface area contributed by atoms with Crippen LogP contribution in [0.5, 0.6) is 0 Å². The molecule has 0 aliphatic carbocycles. The van der Waals surface area contributed by atoms with Gasteiger partial charge < -0.3 is 11.0 Å². The maximum atomic E-state index is 0. The second kappa shape index (κ2) is 35.6. The molecular weight excluding hydrogens is 97.6 g/mol. The summed E-state index contributed by atoms with van der Waals surface area (Å²) >= 11 is 0. The average Bonchev–Trinajstić information content (AvgIpc) is 0. The van der Waals surface area contributed by atoms with E-state index in [9.17, 15) is 0 Å². The molecule has 0 amide bonds. The molecule has 0 heterocycles. The van der Waals surface area contributed by atoms with Gasteiger partial charge in [-0.1, -0.05) is 0 Å². The molecule has 0 aromatic heterocycles. The van der Waals surface area contributed by atoms with Crippen LogP contribution in [0, 0.1) is 0 Å². The number of rotatable bonds is 0. The number of hydrogen-bond acceptors (Lipinski definition) is 0. The molecule has 2 nitrogen and oxygen atoms in total. The van der Waals surface area contributed by atoms with E-state index in [2.05, 4.69) is 0 Å². The van der Waals surface area contributed by atoms with Crippen LogP contribution >= 0.6 is 0 Å². The van der Waals surface area contributed by atoms with Crippen molar-refractivity contribution in [2.75, 3.05) is 0 Å². The summed E-state index contributed by atoms with van der Waals surface area (Å²) in [7, 11) is 0. The first kappa shape index (κ1) is 78.9. The fraction of sp³-hybridized carbons (Fsp3) is 0. The Hall–Kier alpha value is 1.01. The maximum absolute atomic E-state index is 0. The predicted octanol–water partition coefficient (Wildman–Crippen LogP) is -3.24. The second-order valence-electron chi connectivity index (χ2n) is 0. The molecule has 0 spiro atoms. The quantitative estimate of drug-likeness (QED) is 0.286. The molecule has 0 aliphatic heterocycles. The van der Waals surface area contributed by atoms with Crippen molar-refractivity contribution in [1.29, 1.82) is 0 Å². The Morgan fingerprint density at radius 3 is 0.750 bits per heavy atom. The van der Waals surface area contributed by atoms with Gasteiger partial charge in [0.15, 0.2) is 0 Å². The van der Waals surface area contributed by atoms with Gasteiger partial charge in [-0.25, -0.2) is 0 Å². The van der Waals surface area contributed by atoms with Gasteiger partial charge in [0.05, 0.1) is 0 Å². The minimum atomic E-state index is 0. The zero-order valence-corrected chi connectivity index (χ0v) is 3.12. The number of hydrogen-bond donors (Lipinski definition) is 0. The third-order valence-electron chi connectivity index (χ3n) is 0. The Labute approximate surface area is 46.7 Å². The van der Waals surface area contributed by atoms with E-state index < -0.39 is 0 Å². The molecule has 0 saturated heterocycles. The van der Waals surface area contributed by atoms with Gasteiger partial charge in [-0.2, -0.15) is 0 Å². The molecule has 0 saturated carbocycles. The van der Waals surface area contributed by atoms with Gasteiger partial charge in [0.25, 0.3) is 0 Å². The van der Waals surface area contributed by atoms with Crippen LogP contribution in [0.3, 0.4) is 0 Å². The van der Waals surface area contributed by atoms with Crippen LogP contribution < -0.4 is 18.9 Å². The van der Waals surface area contributed by atoms with Crippen molar-refractivity contribution >= 4 is 0 Å². The zero-order valence-electron chi connectivity index (χ0n) is 2.13. The van der Waals surface area contributed by atoms with Gasteiger partial charge >= 0.3 is 35.4 Å². The van der Waals surface area contributed by atoms with Gasteiger partial charge in [-0.05, 0) is 0 Å². The van der Waals surface area contributed by atoms with Gasteiger partial charge in [-0.3, -0.25) is 0 Å². The van der Waals surface area contributed by atoms with Crippen molar-refractivity contribution in [2.45, 2.75) is 0 Å². The first-order valence-corrected chi connectivity index (χ1v) is 0. The third-order valence-corrected chi connectivity index (χ3v) is 0. The molecule has 0 aliphatic rings. The molecule has 0 N–H and O–H groups in total. The van der Waals surface area contributed by atoms with E-state index in [4.69, 9.17) is 0 Å². The molecule has 0 radical (unpaired) electrons. The molecule has 0 unspecified atom stereocenters. The molecule has 0 fully saturated rings. The Morgan fingerprint density at radius 1 is 0.750 bits per heavy atom. The van der Waals surface area contributed by atoms with Gasteiger partial charge in [-0.15, -0.1) is 0 Å². The minimum Gasteiger partial charge on any atom is -2.00 e. The molecule has 24 valence electrons. The zero-order chi connectivity index (χ0) is 0.